The zero-order valence-corrected chi connectivity index (χ0v) is 12.0. The maximum atomic E-state index is 12.0. The van der Waals surface area contributed by atoms with Gasteiger partial charge in [0.1, 0.15) is 0 Å². The Morgan fingerprint density at radius 1 is 1.30 bits per heavy atom. The van der Waals surface area contributed by atoms with E-state index in [1.165, 1.54) is 11.3 Å². The van der Waals surface area contributed by atoms with E-state index in [2.05, 4.69) is 10.6 Å². The van der Waals surface area contributed by atoms with Gasteiger partial charge in [0.2, 0.25) is 5.91 Å². The molecule has 1 aliphatic heterocycles. The quantitative estimate of drug-likeness (QED) is 0.873. The Kier molecular flexibility index (Phi) is 4.03. The van der Waals surface area contributed by atoms with Gasteiger partial charge in [0.25, 0.3) is 5.91 Å². The molecule has 1 atom stereocenters. The number of carbonyl (C=O) groups excluding carboxylic acids is 2. The third-order valence-corrected chi connectivity index (χ3v) is 4.54. The molecule has 0 spiro atoms. The van der Waals surface area contributed by atoms with Crippen molar-refractivity contribution in [2.75, 3.05) is 18.5 Å². The first-order valence-electron chi connectivity index (χ1n) is 7.03. The molecule has 0 bridgehead atoms. The molecule has 0 radical (unpaired) electrons. The van der Waals surface area contributed by atoms with E-state index in [0.717, 1.165) is 37.3 Å². The number of ether oxygens (including phenoxy) is 1. The van der Waals surface area contributed by atoms with Crippen molar-refractivity contribution in [1.82, 2.24) is 5.32 Å². The minimum atomic E-state index is -0.0996. The zero-order valence-electron chi connectivity index (χ0n) is 11.2. The van der Waals surface area contributed by atoms with Crippen molar-refractivity contribution in [1.29, 1.82) is 0 Å². The van der Waals surface area contributed by atoms with Gasteiger partial charge >= 0.3 is 0 Å². The SMILES string of the molecule is O=C(NCC1CCCO1)c1ccc(NC(=O)C2CC2)s1. The lowest BCUT2D eigenvalue weighted by atomic mass is 10.2. The summed E-state index contributed by atoms with van der Waals surface area (Å²) in [6, 6.07) is 3.53. The summed E-state index contributed by atoms with van der Waals surface area (Å²) in [5, 5.41) is 6.47. The lowest BCUT2D eigenvalue weighted by Gasteiger charge is -2.09. The molecule has 108 valence electrons. The van der Waals surface area contributed by atoms with Gasteiger partial charge in [-0.1, -0.05) is 0 Å². The fourth-order valence-corrected chi connectivity index (χ4v) is 3.02. The van der Waals surface area contributed by atoms with E-state index in [4.69, 9.17) is 4.74 Å². The van der Waals surface area contributed by atoms with Gasteiger partial charge < -0.3 is 15.4 Å². The summed E-state index contributed by atoms with van der Waals surface area (Å²) in [4.78, 5) is 24.2. The third kappa shape index (κ3) is 3.37. The summed E-state index contributed by atoms with van der Waals surface area (Å²) in [5.74, 6) is 0.143. The maximum Gasteiger partial charge on any atom is 0.261 e. The van der Waals surface area contributed by atoms with Crippen LogP contribution in [0.25, 0.3) is 0 Å². The van der Waals surface area contributed by atoms with E-state index < -0.39 is 0 Å². The molecule has 1 aliphatic carbocycles. The van der Waals surface area contributed by atoms with Crippen LogP contribution in [-0.4, -0.2) is 31.1 Å². The Morgan fingerprint density at radius 2 is 2.15 bits per heavy atom. The van der Waals surface area contributed by atoms with E-state index in [1.807, 2.05) is 0 Å². The first-order chi connectivity index (χ1) is 9.72. The molecule has 2 amide bonds. The van der Waals surface area contributed by atoms with E-state index in [0.29, 0.717) is 11.4 Å². The van der Waals surface area contributed by atoms with E-state index >= 15 is 0 Å². The summed E-state index contributed by atoms with van der Waals surface area (Å²) >= 11 is 1.31. The van der Waals surface area contributed by atoms with Crippen LogP contribution in [0.3, 0.4) is 0 Å². The highest BCUT2D eigenvalue weighted by Crippen LogP contribution is 2.31. The number of nitrogens with one attached hydrogen (secondary N) is 2. The molecule has 1 saturated heterocycles. The van der Waals surface area contributed by atoms with Gasteiger partial charge in [-0.05, 0) is 37.8 Å². The molecular weight excluding hydrogens is 276 g/mol. The van der Waals surface area contributed by atoms with Gasteiger partial charge in [0, 0.05) is 19.1 Å². The largest absolute Gasteiger partial charge is 0.376 e. The van der Waals surface area contributed by atoms with Crippen LogP contribution >= 0.6 is 11.3 Å². The van der Waals surface area contributed by atoms with E-state index in [9.17, 15) is 9.59 Å². The van der Waals surface area contributed by atoms with Crippen molar-refractivity contribution < 1.29 is 14.3 Å². The van der Waals surface area contributed by atoms with Gasteiger partial charge in [-0.3, -0.25) is 9.59 Å². The third-order valence-electron chi connectivity index (χ3n) is 3.54. The van der Waals surface area contributed by atoms with Gasteiger partial charge in [0.05, 0.1) is 16.0 Å². The van der Waals surface area contributed by atoms with Crippen LogP contribution in [0.5, 0.6) is 0 Å². The molecule has 1 aromatic rings. The Labute approximate surface area is 121 Å². The highest BCUT2D eigenvalue weighted by atomic mass is 32.1. The molecule has 1 unspecified atom stereocenters. The van der Waals surface area contributed by atoms with Crippen molar-refractivity contribution in [3.63, 3.8) is 0 Å². The topological polar surface area (TPSA) is 67.4 Å². The molecule has 2 N–H and O–H groups in total. The molecule has 2 fully saturated rings. The summed E-state index contributed by atoms with van der Waals surface area (Å²) < 4.78 is 5.46. The number of thiophene rings is 1. The zero-order chi connectivity index (χ0) is 13.9. The Hall–Kier alpha value is -1.40. The van der Waals surface area contributed by atoms with Crippen LogP contribution in [0, 0.1) is 5.92 Å². The molecule has 3 rings (SSSR count). The highest BCUT2D eigenvalue weighted by Gasteiger charge is 2.29. The summed E-state index contributed by atoms with van der Waals surface area (Å²) in [7, 11) is 0. The molecule has 5 nitrogen and oxygen atoms in total. The molecule has 1 saturated carbocycles. The highest BCUT2D eigenvalue weighted by molar-refractivity contribution is 7.18. The lowest BCUT2D eigenvalue weighted by molar-refractivity contribution is -0.117. The molecule has 2 aliphatic rings. The molecule has 6 heteroatoms. The smallest absolute Gasteiger partial charge is 0.261 e. The van der Waals surface area contributed by atoms with Crippen LogP contribution in [0.1, 0.15) is 35.4 Å². The minimum Gasteiger partial charge on any atom is -0.376 e. The van der Waals surface area contributed by atoms with Crippen LogP contribution < -0.4 is 10.6 Å². The van der Waals surface area contributed by atoms with Crippen molar-refractivity contribution >= 4 is 28.2 Å². The Bertz CT molecular complexity index is 504. The number of hydrogen-bond acceptors (Lipinski definition) is 4. The van der Waals surface area contributed by atoms with E-state index in [-0.39, 0.29) is 23.8 Å². The fraction of sp³-hybridized carbons (Fsp3) is 0.571. The second kappa shape index (κ2) is 5.93. The van der Waals surface area contributed by atoms with Crippen molar-refractivity contribution in [3.8, 4) is 0 Å². The average molecular weight is 294 g/mol. The van der Waals surface area contributed by atoms with Crippen molar-refractivity contribution in [3.05, 3.63) is 17.0 Å². The van der Waals surface area contributed by atoms with Crippen LogP contribution in [-0.2, 0) is 9.53 Å². The van der Waals surface area contributed by atoms with Crippen LogP contribution in [0.2, 0.25) is 0 Å². The molecule has 20 heavy (non-hydrogen) atoms. The minimum absolute atomic E-state index is 0.0677. The maximum absolute atomic E-state index is 12.0. The second-order valence-electron chi connectivity index (χ2n) is 5.27. The lowest BCUT2D eigenvalue weighted by Crippen LogP contribution is -2.31. The molecular formula is C14H18N2O3S. The van der Waals surface area contributed by atoms with Gasteiger partial charge in [0.15, 0.2) is 0 Å². The van der Waals surface area contributed by atoms with Crippen molar-refractivity contribution in [2.45, 2.75) is 31.8 Å². The normalized spacial score (nSPS) is 21.7. The predicted molar refractivity (Wildman–Crippen MR) is 77.0 cm³/mol. The monoisotopic (exact) mass is 294 g/mol. The Balaban J connectivity index is 1.49. The average Bonchev–Trinajstić information content (AvgIpc) is 2.98. The van der Waals surface area contributed by atoms with Crippen LogP contribution in [0.15, 0.2) is 12.1 Å². The molecule has 1 aromatic heterocycles. The van der Waals surface area contributed by atoms with Gasteiger partial charge in [-0.2, -0.15) is 0 Å². The fourth-order valence-electron chi connectivity index (χ4n) is 2.20. The summed E-state index contributed by atoms with van der Waals surface area (Å²) in [6.45, 7) is 1.34. The summed E-state index contributed by atoms with van der Waals surface area (Å²) in [5.41, 5.74) is 0. The number of hydrogen-bond donors (Lipinski definition) is 2. The standard InChI is InChI=1S/C14H18N2O3S/c17-13(9-3-4-9)16-12-6-5-11(20-12)14(18)15-8-10-2-1-7-19-10/h5-6,9-10H,1-4,7-8H2,(H,15,18)(H,16,17). The Morgan fingerprint density at radius 3 is 2.85 bits per heavy atom. The van der Waals surface area contributed by atoms with Crippen molar-refractivity contribution in [2.24, 2.45) is 5.92 Å². The first kappa shape index (κ1) is 13.6. The first-order valence-corrected chi connectivity index (χ1v) is 7.84. The van der Waals surface area contributed by atoms with Gasteiger partial charge in [-0.25, -0.2) is 0 Å². The molecule has 0 aromatic carbocycles. The van der Waals surface area contributed by atoms with E-state index in [1.54, 1.807) is 12.1 Å². The summed E-state index contributed by atoms with van der Waals surface area (Å²) in [6.07, 6.45) is 4.18. The van der Waals surface area contributed by atoms with Crippen LogP contribution in [0.4, 0.5) is 5.00 Å². The number of anilines is 1. The number of amides is 2. The predicted octanol–water partition coefficient (Wildman–Crippen LogP) is 2.01. The number of carbonyl (C=O) groups is 2. The number of rotatable bonds is 5. The van der Waals surface area contributed by atoms with Gasteiger partial charge in [-0.15, -0.1) is 11.3 Å². The second-order valence-corrected chi connectivity index (χ2v) is 6.36. The molecule has 2 heterocycles.